The predicted molar refractivity (Wildman–Crippen MR) is 105 cm³/mol. The summed E-state index contributed by atoms with van der Waals surface area (Å²) in [5.41, 5.74) is 4.18. The van der Waals surface area contributed by atoms with Crippen LogP contribution in [0, 0.1) is 18.3 Å². The Labute approximate surface area is 155 Å². The zero-order valence-electron chi connectivity index (χ0n) is 13.8. The summed E-state index contributed by atoms with van der Waals surface area (Å²) in [7, 11) is 0. The highest BCUT2D eigenvalue weighted by atomic mass is 79.9. The molecule has 2 aromatic rings. The van der Waals surface area contributed by atoms with Gasteiger partial charge in [-0.3, -0.25) is 4.79 Å². The monoisotopic (exact) mass is 402 g/mol. The molecule has 1 heterocycles. The number of ketones is 1. The standard InChI is InChI=1S/C19H19BrN2OS/c1-14-18(19(23)12-20)11-17(5-3-4-10-24-2)22(14)16-8-6-15(13-21)7-9-16/h3,5-9,11H,4,10,12H2,1-2H3/b5-3+. The molecule has 0 saturated carbocycles. The first-order valence-electron chi connectivity index (χ1n) is 7.60. The van der Waals surface area contributed by atoms with Crippen molar-refractivity contribution in [2.75, 3.05) is 17.3 Å². The Morgan fingerprint density at radius 2 is 2.08 bits per heavy atom. The van der Waals surface area contributed by atoms with E-state index >= 15 is 0 Å². The molecular weight excluding hydrogens is 384 g/mol. The highest BCUT2D eigenvalue weighted by Crippen LogP contribution is 2.24. The van der Waals surface area contributed by atoms with E-state index in [2.05, 4.69) is 45.0 Å². The number of Topliss-reactive ketones (excluding diaryl/α,β-unsaturated/α-hetero) is 1. The van der Waals surface area contributed by atoms with Gasteiger partial charge in [0, 0.05) is 22.6 Å². The molecule has 0 N–H and O–H groups in total. The first-order chi connectivity index (χ1) is 11.6. The van der Waals surface area contributed by atoms with Crippen LogP contribution in [0.1, 0.15) is 33.7 Å². The maximum atomic E-state index is 12.2. The van der Waals surface area contributed by atoms with E-state index in [1.54, 1.807) is 12.1 Å². The number of alkyl halides is 1. The van der Waals surface area contributed by atoms with Crippen molar-refractivity contribution in [3.8, 4) is 11.8 Å². The second-order valence-electron chi connectivity index (χ2n) is 5.30. The van der Waals surface area contributed by atoms with Crippen molar-refractivity contribution in [1.29, 1.82) is 5.26 Å². The number of hydrogen-bond donors (Lipinski definition) is 0. The van der Waals surface area contributed by atoms with Crippen molar-refractivity contribution in [1.82, 2.24) is 4.57 Å². The molecular formula is C19H19BrN2OS. The fourth-order valence-corrected chi connectivity index (χ4v) is 3.20. The lowest BCUT2D eigenvalue weighted by molar-refractivity contribution is 0.102. The SMILES string of the molecule is CSCC/C=C/c1cc(C(=O)CBr)c(C)n1-c1ccc(C#N)cc1. The highest BCUT2D eigenvalue weighted by Gasteiger charge is 2.16. The summed E-state index contributed by atoms with van der Waals surface area (Å²) in [6.45, 7) is 1.95. The molecule has 0 fully saturated rings. The quantitative estimate of drug-likeness (QED) is 0.371. The van der Waals surface area contributed by atoms with E-state index in [1.165, 1.54) is 0 Å². The van der Waals surface area contributed by atoms with Crippen molar-refractivity contribution in [2.24, 2.45) is 0 Å². The van der Waals surface area contributed by atoms with Crippen LogP contribution in [0.5, 0.6) is 0 Å². The molecule has 1 aromatic carbocycles. The van der Waals surface area contributed by atoms with Gasteiger partial charge in [-0.2, -0.15) is 17.0 Å². The van der Waals surface area contributed by atoms with Gasteiger partial charge < -0.3 is 4.57 Å². The molecule has 0 bridgehead atoms. The molecule has 0 atom stereocenters. The first-order valence-corrected chi connectivity index (χ1v) is 10.1. The smallest absolute Gasteiger partial charge is 0.175 e. The normalized spacial score (nSPS) is 10.9. The molecule has 0 radical (unpaired) electrons. The van der Waals surface area contributed by atoms with Gasteiger partial charge in [-0.25, -0.2) is 0 Å². The number of aromatic nitrogens is 1. The van der Waals surface area contributed by atoms with Crippen LogP contribution in [-0.4, -0.2) is 27.7 Å². The van der Waals surface area contributed by atoms with Gasteiger partial charge in [-0.1, -0.05) is 22.0 Å². The third-order valence-electron chi connectivity index (χ3n) is 3.73. The van der Waals surface area contributed by atoms with E-state index in [1.807, 2.05) is 36.9 Å². The molecule has 124 valence electrons. The van der Waals surface area contributed by atoms with E-state index in [-0.39, 0.29) is 5.78 Å². The van der Waals surface area contributed by atoms with Crippen LogP contribution in [0.4, 0.5) is 0 Å². The average molecular weight is 403 g/mol. The molecule has 3 nitrogen and oxygen atoms in total. The van der Waals surface area contributed by atoms with E-state index in [0.29, 0.717) is 10.9 Å². The summed E-state index contributed by atoms with van der Waals surface area (Å²) in [6, 6.07) is 11.5. The van der Waals surface area contributed by atoms with E-state index in [0.717, 1.165) is 34.8 Å². The van der Waals surface area contributed by atoms with Crippen LogP contribution in [-0.2, 0) is 0 Å². The largest absolute Gasteiger partial charge is 0.314 e. The molecule has 0 amide bonds. The minimum atomic E-state index is 0.0682. The molecule has 0 aliphatic rings. The van der Waals surface area contributed by atoms with Gasteiger partial charge in [-0.05, 0) is 61.8 Å². The highest BCUT2D eigenvalue weighted by molar-refractivity contribution is 9.09. The van der Waals surface area contributed by atoms with Crippen molar-refractivity contribution in [2.45, 2.75) is 13.3 Å². The van der Waals surface area contributed by atoms with E-state index in [4.69, 9.17) is 5.26 Å². The van der Waals surface area contributed by atoms with Crippen LogP contribution < -0.4 is 0 Å². The minimum absolute atomic E-state index is 0.0682. The van der Waals surface area contributed by atoms with Gasteiger partial charge in [0.2, 0.25) is 0 Å². The molecule has 24 heavy (non-hydrogen) atoms. The summed E-state index contributed by atoms with van der Waals surface area (Å²) in [5.74, 6) is 1.14. The number of carbonyl (C=O) groups is 1. The third kappa shape index (κ3) is 4.19. The summed E-state index contributed by atoms with van der Waals surface area (Å²) in [5, 5.41) is 9.27. The number of rotatable bonds is 7. The maximum Gasteiger partial charge on any atom is 0.175 e. The zero-order valence-corrected chi connectivity index (χ0v) is 16.2. The molecule has 0 aliphatic carbocycles. The number of allylic oxidation sites excluding steroid dienone is 1. The molecule has 0 unspecified atom stereocenters. The number of nitriles is 1. The summed E-state index contributed by atoms with van der Waals surface area (Å²) in [6.07, 6.45) is 7.27. The number of carbonyl (C=O) groups excluding carboxylic acids is 1. The number of benzene rings is 1. The second kappa shape index (κ2) is 8.91. The Kier molecular flexibility index (Phi) is 6.89. The van der Waals surface area contributed by atoms with Gasteiger partial charge in [0.05, 0.1) is 17.0 Å². The van der Waals surface area contributed by atoms with Crippen LogP contribution in [0.15, 0.2) is 36.4 Å². The lowest BCUT2D eigenvalue weighted by Gasteiger charge is -2.10. The first kappa shape index (κ1) is 18.6. The van der Waals surface area contributed by atoms with Crippen LogP contribution >= 0.6 is 27.7 Å². The zero-order chi connectivity index (χ0) is 17.5. The van der Waals surface area contributed by atoms with Gasteiger partial charge >= 0.3 is 0 Å². The Balaban J connectivity index is 2.49. The lowest BCUT2D eigenvalue weighted by Crippen LogP contribution is -2.04. The van der Waals surface area contributed by atoms with Crippen molar-refractivity contribution < 1.29 is 4.79 Å². The number of thioether (sulfide) groups is 1. The summed E-state index contributed by atoms with van der Waals surface area (Å²) < 4.78 is 2.06. The van der Waals surface area contributed by atoms with Gasteiger partial charge in [-0.15, -0.1) is 0 Å². The molecule has 5 heteroatoms. The fraction of sp³-hybridized carbons (Fsp3) is 0.263. The minimum Gasteiger partial charge on any atom is -0.314 e. The summed E-state index contributed by atoms with van der Waals surface area (Å²) >= 11 is 5.06. The number of nitrogens with zero attached hydrogens (tertiary/aromatic N) is 2. The third-order valence-corrected chi connectivity index (χ3v) is 4.88. The van der Waals surface area contributed by atoms with E-state index in [9.17, 15) is 4.79 Å². The molecule has 2 rings (SSSR count). The Bertz CT molecular complexity index is 785. The predicted octanol–water partition coefficient (Wildman–Crippen LogP) is 5.00. The van der Waals surface area contributed by atoms with Gasteiger partial charge in [0.15, 0.2) is 5.78 Å². The van der Waals surface area contributed by atoms with Gasteiger partial charge in [0.25, 0.3) is 0 Å². The Morgan fingerprint density at radius 1 is 1.38 bits per heavy atom. The molecule has 0 saturated heterocycles. The lowest BCUT2D eigenvalue weighted by atomic mass is 10.2. The fourth-order valence-electron chi connectivity index (χ4n) is 2.53. The second-order valence-corrected chi connectivity index (χ2v) is 6.85. The number of halogens is 1. The molecule has 0 aliphatic heterocycles. The molecule has 0 spiro atoms. The average Bonchev–Trinajstić information content (AvgIpc) is 2.94. The Hall–Kier alpha value is -1.77. The van der Waals surface area contributed by atoms with Crippen LogP contribution in [0.2, 0.25) is 0 Å². The van der Waals surface area contributed by atoms with Crippen LogP contribution in [0.25, 0.3) is 11.8 Å². The van der Waals surface area contributed by atoms with Crippen molar-refractivity contribution in [3.63, 3.8) is 0 Å². The van der Waals surface area contributed by atoms with E-state index < -0.39 is 0 Å². The Morgan fingerprint density at radius 3 is 2.67 bits per heavy atom. The number of hydrogen-bond acceptors (Lipinski definition) is 3. The van der Waals surface area contributed by atoms with Crippen LogP contribution in [0.3, 0.4) is 0 Å². The summed E-state index contributed by atoms with van der Waals surface area (Å²) in [4.78, 5) is 12.2. The van der Waals surface area contributed by atoms with Crippen molar-refractivity contribution >= 4 is 39.6 Å². The van der Waals surface area contributed by atoms with Crippen molar-refractivity contribution in [3.05, 3.63) is 58.9 Å². The van der Waals surface area contributed by atoms with Gasteiger partial charge in [0.1, 0.15) is 0 Å². The molecule has 1 aromatic heterocycles. The topological polar surface area (TPSA) is 45.8 Å². The maximum absolute atomic E-state index is 12.2.